The first-order chi connectivity index (χ1) is 11.8. The molecule has 0 saturated carbocycles. The Hall–Kier alpha value is -2.23. The Balaban J connectivity index is 2.10. The number of morpholine rings is 1. The smallest absolute Gasteiger partial charge is 0.188 e. The Bertz CT molecular complexity index is 589. The molecule has 0 spiro atoms. The molecule has 6 nitrogen and oxygen atoms in total. The van der Waals surface area contributed by atoms with Gasteiger partial charge in [0.2, 0.25) is 0 Å². The van der Waals surface area contributed by atoms with Gasteiger partial charge < -0.3 is 23.8 Å². The SMILES string of the molecule is CCOc1cc(CC(C#N)=CN2CCOCC2)ccc1OCOC. The van der Waals surface area contributed by atoms with Crippen LogP contribution in [0.2, 0.25) is 0 Å². The lowest BCUT2D eigenvalue weighted by atomic mass is 10.1. The minimum Gasteiger partial charge on any atom is -0.490 e. The van der Waals surface area contributed by atoms with Crippen LogP contribution in [0.5, 0.6) is 11.5 Å². The molecule has 0 unspecified atom stereocenters. The van der Waals surface area contributed by atoms with Gasteiger partial charge in [-0.05, 0) is 24.6 Å². The van der Waals surface area contributed by atoms with Crippen molar-refractivity contribution in [3.05, 3.63) is 35.5 Å². The van der Waals surface area contributed by atoms with Crippen LogP contribution in [0.3, 0.4) is 0 Å². The van der Waals surface area contributed by atoms with Crippen molar-refractivity contribution in [3.8, 4) is 17.6 Å². The van der Waals surface area contributed by atoms with Gasteiger partial charge in [0.15, 0.2) is 18.3 Å². The van der Waals surface area contributed by atoms with Gasteiger partial charge in [-0.25, -0.2) is 0 Å². The molecule has 6 heteroatoms. The lowest BCUT2D eigenvalue weighted by Gasteiger charge is -2.25. The number of rotatable bonds is 8. The second kappa shape index (κ2) is 9.81. The molecule has 0 bridgehead atoms. The van der Waals surface area contributed by atoms with Gasteiger partial charge in [-0.3, -0.25) is 0 Å². The molecule has 1 aliphatic heterocycles. The Kier molecular flexibility index (Phi) is 7.40. The van der Waals surface area contributed by atoms with Crippen LogP contribution in [0.15, 0.2) is 30.0 Å². The van der Waals surface area contributed by atoms with E-state index < -0.39 is 0 Å². The minimum atomic E-state index is 0.166. The van der Waals surface area contributed by atoms with Crippen molar-refractivity contribution in [3.63, 3.8) is 0 Å². The van der Waals surface area contributed by atoms with Gasteiger partial charge in [0.05, 0.1) is 25.9 Å². The summed E-state index contributed by atoms with van der Waals surface area (Å²) in [4.78, 5) is 2.13. The van der Waals surface area contributed by atoms with E-state index in [4.69, 9.17) is 18.9 Å². The maximum atomic E-state index is 9.41. The zero-order valence-corrected chi connectivity index (χ0v) is 14.3. The monoisotopic (exact) mass is 332 g/mol. The highest BCUT2D eigenvalue weighted by Crippen LogP contribution is 2.29. The summed E-state index contributed by atoms with van der Waals surface area (Å²) in [5.41, 5.74) is 1.72. The lowest BCUT2D eigenvalue weighted by molar-refractivity contribution is 0.0487. The summed E-state index contributed by atoms with van der Waals surface area (Å²) in [5, 5.41) is 9.41. The molecule has 130 valence electrons. The van der Waals surface area contributed by atoms with E-state index in [9.17, 15) is 5.26 Å². The fourth-order valence-electron chi connectivity index (χ4n) is 2.43. The van der Waals surface area contributed by atoms with E-state index in [0.717, 1.165) is 18.7 Å². The first-order valence-electron chi connectivity index (χ1n) is 8.07. The fraction of sp³-hybridized carbons (Fsp3) is 0.500. The van der Waals surface area contributed by atoms with Crippen molar-refractivity contribution in [2.24, 2.45) is 0 Å². The average Bonchev–Trinajstić information content (AvgIpc) is 2.61. The van der Waals surface area contributed by atoms with E-state index in [0.29, 0.717) is 43.3 Å². The Morgan fingerprint density at radius 3 is 2.75 bits per heavy atom. The largest absolute Gasteiger partial charge is 0.490 e. The maximum Gasteiger partial charge on any atom is 0.188 e. The van der Waals surface area contributed by atoms with Crippen molar-refractivity contribution in [1.82, 2.24) is 4.90 Å². The number of ether oxygens (including phenoxy) is 4. The average molecular weight is 332 g/mol. The number of hydrogen-bond donors (Lipinski definition) is 0. The Morgan fingerprint density at radius 2 is 2.08 bits per heavy atom. The number of nitrogens with zero attached hydrogens (tertiary/aromatic N) is 2. The molecular formula is C18H24N2O4. The summed E-state index contributed by atoms with van der Waals surface area (Å²) < 4.78 is 21.4. The molecule has 1 fully saturated rings. The predicted octanol–water partition coefficient (Wildman–Crippen LogP) is 2.35. The summed E-state index contributed by atoms with van der Waals surface area (Å²) in [6, 6.07) is 7.99. The van der Waals surface area contributed by atoms with Crippen molar-refractivity contribution in [2.75, 3.05) is 46.8 Å². The molecule has 1 aromatic rings. The van der Waals surface area contributed by atoms with E-state index >= 15 is 0 Å². The summed E-state index contributed by atoms with van der Waals surface area (Å²) in [6.45, 7) is 5.68. The van der Waals surface area contributed by atoms with E-state index in [2.05, 4.69) is 11.0 Å². The van der Waals surface area contributed by atoms with Gasteiger partial charge in [-0.1, -0.05) is 6.07 Å². The van der Waals surface area contributed by atoms with E-state index in [-0.39, 0.29) is 6.79 Å². The summed E-state index contributed by atoms with van der Waals surface area (Å²) in [6.07, 6.45) is 2.48. The zero-order chi connectivity index (χ0) is 17.2. The molecule has 2 rings (SSSR count). The standard InChI is InChI=1S/C18H24N2O4/c1-3-23-18-11-15(4-5-17(18)24-14-21-2)10-16(12-19)13-20-6-8-22-9-7-20/h4-5,11,13H,3,6-10,14H2,1-2H3. The normalized spacial score (nSPS) is 15.0. The molecule has 1 aromatic carbocycles. The van der Waals surface area contributed by atoms with Crippen LogP contribution in [-0.2, 0) is 15.9 Å². The van der Waals surface area contributed by atoms with E-state index in [1.165, 1.54) is 0 Å². The third kappa shape index (κ3) is 5.44. The predicted molar refractivity (Wildman–Crippen MR) is 89.9 cm³/mol. The molecule has 0 N–H and O–H groups in total. The van der Waals surface area contributed by atoms with Gasteiger partial charge >= 0.3 is 0 Å². The molecule has 0 amide bonds. The first kappa shape index (κ1) is 18.1. The van der Waals surface area contributed by atoms with Crippen LogP contribution < -0.4 is 9.47 Å². The Morgan fingerprint density at radius 1 is 1.29 bits per heavy atom. The highest BCUT2D eigenvalue weighted by molar-refractivity contribution is 5.44. The van der Waals surface area contributed by atoms with Crippen molar-refractivity contribution in [2.45, 2.75) is 13.3 Å². The highest BCUT2D eigenvalue weighted by Gasteiger charge is 2.11. The molecule has 24 heavy (non-hydrogen) atoms. The second-order valence-electron chi connectivity index (χ2n) is 5.36. The van der Waals surface area contributed by atoms with E-state index in [1.807, 2.05) is 31.3 Å². The number of methoxy groups -OCH3 is 1. The zero-order valence-electron chi connectivity index (χ0n) is 14.3. The topological polar surface area (TPSA) is 64.0 Å². The van der Waals surface area contributed by atoms with Crippen molar-refractivity contribution >= 4 is 0 Å². The van der Waals surface area contributed by atoms with Crippen LogP contribution in [0.25, 0.3) is 0 Å². The third-order valence-electron chi connectivity index (χ3n) is 3.56. The van der Waals surface area contributed by atoms with Crippen LogP contribution in [0, 0.1) is 11.3 Å². The summed E-state index contributed by atoms with van der Waals surface area (Å²) in [5.74, 6) is 1.30. The number of nitriles is 1. The number of benzene rings is 1. The summed E-state index contributed by atoms with van der Waals surface area (Å²) >= 11 is 0. The van der Waals surface area contributed by atoms with Crippen molar-refractivity contribution in [1.29, 1.82) is 5.26 Å². The maximum absolute atomic E-state index is 9.41. The van der Waals surface area contributed by atoms with Gasteiger partial charge in [0.1, 0.15) is 0 Å². The van der Waals surface area contributed by atoms with E-state index in [1.54, 1.807) is 7.11 Å². The quantitative estimate of drug-likeness (QED) is 0.538. The van der Waals surface area contributed by atoms with Gasteiger partial charge in [-0.2, -0.15) is 5.26 Å². The molecule has 0 aromatic heterocycles. The Labute approximate surface area is 143 Å². The summed E-state index contributed by atoms with van der Waals surface area (Å²) in [7, 11) is 1.57. The fourth-order valence-corrected chi connectivity index (χ4v) is 2.43. The van der Waals surface area contributed by atoms with Crippen LogP contribution >= 0.6 is 0 Å². The highest BCUT2D eigenvalue weighted by atomic mass is 16.7. The van der Waals surface area contributed by atoms with Crippen LogP contribution in [-0.4, -0.2) is 51.7 Å². The molecule has 1 aliphatic rings. The molecule has 1 heterocycles. The lowest BCUT2D eigenvalue weighted by Crippen LogP contribution is -2.32. The third-order valence-corrected chi connectivity index (χ3v) is 3.56. The van der Waals surface area contributed by atoms with Crippen LogP contribution in [0.4, 0.5) is 0 Å². The van der Waals surface area contributed by atoms with Gasteiger partial charge in [0.25, 0.3) is 0 Å². The second-order valence-corrected chi connectivity index (χ2v) is 5.36. The number of hydrogen-bond acceptors (Lipinski definition) is 6. The van der Waals surface area contributed by atoms with Crippen molar-refractivity contribution < 1.29 is 18.9 Å². The first-order valence-corrected chi connectivity index (χ1v) is 8.07. The van der Waals surface area contributed by atoms with Gasteiger partial charge in [-0.15, -0.1) is 0 Å². The minimum absolute atomic E-state index is 0.166. The molecular weight excluding hydrogens is 308 g/mol. The molecule has 0 atom stereocenters. The molecule has 1 saturated heterocycles. The number of allylic oxidation sites excluding steroid dienone is 1. The van der Waals surface area contributed by atoms with Crippen LogP contribution in [0.1, 0.15) is 12.5 Å². The molecule has 0 radical (unpaired) electrons. The van der Waals surface area contributed by atoms with Gasteiger partial charge in [0, 0.05) is 38.4 Å². The molecule has 0 aliphatic carbocycles.